The first kappa shape index (κ1) is 121. The number of carbonyl (C=O) groups is 6. The van der Waals surface area contributed by atoms with Crippen LogP contribution in [0.2, 0.25) is 0 Å². The van der Waals surface area contributed by atoms with E-state index in [0.717, 1.165) is 88.3 Å². The molecule has 786 valence electrons. The number of benzene rings is 1. The average molecular weight is 2010 g/mol. The molecule has 11 N–H and O–H groups in total. The predicted octanol–water partition coefficient (Wildman–Crippen LogP) is 12.5. The second-order valence-corrected chi connectivity index (χ2v) is 36.4. The fraction of sp³-hybridized carbons (Fsp3) is 0.440. The standard InChI is InChI=1S/C18H32N4.C16H18N4.C15H14N2O4.C14H16N2O4.C13H10N2O4.C12H28N4.C12H12N2O2.C9H21N3/c1-16(2)21-11-9-20(15-18-7-5-6-8-19-18)10-12-22(14-13-21)17(3)4;1-13(15-7-3-5-9-19-15)17-11-12-18-14(2)16-8-4-6-10-20-16;1-15(2,11-7-3-5-9(16-11)13(18)19)12-8-4-6-10(17-12)14(20)21;1-9(7-13(17)18)15-11-5-3-4-6-12(11)16-10(2)8-14(19)20;16-12(17)10-5-1-3-8(14-10)7-9-4-2-6-11(15-9)13(18)19;1-13(2)5-10-16-11-8-14(3)6-7-15(4)9-12-16;15-7-9-3-1-5-11(13-9)12-6-2-4-10(8-16)14-12;10-4-8-12-7-3-1-2-5-11-6-9-12/h5-8,16-17H,9-15H2,1-4H3;3-10H,11-12H2,1-2H3;3-8H,1-2H3,(H,18,19)(H,20,21);3-6H,7-8H2,1-2H3,(H,17,18)(H,19,20);1-6H,7H2,(H,16,17)(H,18,19);5-12H2,1-4H3;1-6,15-16H,7-8H2;11H,1-10H2. The van der Waals surface area contributed by atoms with E-state index in [2.05, 4.69) is 177 Å². The summed E-state index contributed by atoms with van der Waals surface area (Å²) in [6.45, 7) is 45.1. The van der Waals surface area contributed by atoms with E-state index in [0.29, 0.717) is 93.5 Å². The minimum absolute atomic E-state index is 0.0492. The first-order valence-electron chi connectivity index (χ1n) is 49.3. The van der Waals surface area contributed by atoms with Crippen molar-refractivity contribution in [2.45, 2.75) is 145 Å². The molecule has 3 saturated heterocycles. The Morgan fingerprint density at radius 2 is 0.781 bits per heavy atom. The van der Waals surface area contributed by atoms with Gasteiger partial charge in [0.25, 0.3) is 0 Å². The number of rotatable bonds is 31. The molecule has 146 heavy (non-hydrogen) atoms. The van der Waals surface area contributed by atoms with Crippen molar-refractivity contribution in [3.8, 4) is 11.4 Å². The summed E-state index contributed by atoms with van der Waals surface area (Å²) in [7, 11) is 8.75. The summed E-state index contributed by atoms with van der Waals surface area (Å²) in [5, 5.41) is 74.5. The highest BCUT2D eigenvalue weighted by Crippen LogP contribution is 2.31. The number of hydrogen-bond acceptors (Lipinski definition) is 31. The van der Waals surface area contributed by atoms with Crippen LogP contribution in [0, 0.1) is 0 Å². The topological polar surface area (TPSA) is 494 Å². The van der Waals surface area contributed by atoms with Gasteiger partial charge in [0.1, 0.15) is 22.8 Å². The number of hydrogen-bond donors (Lipinski definition) is 10. The average Bonchev–Trinajstić information content (AvgIpc) is 0.821. The number of nitrogens with one attached hydrogen (secondary N) is 1. The summed E-state index contributed by atoms with van der Waals surface area (Å²) in [6.07, 6.45) is 9.45. The van der Waals surface area contributed by atoms with E-state index in [9.17, 15) is 28.8 Å². The molecule has 0 atom stereocenters. The minimum atomic E-state index is -1.11. The number of aliphatic imine (C=N–C) groups is 4. The largest absolute Gasteiger partial charge is 0.481 e. The molecule has 0 radical (unpaired) electrons. The second-order valence-electron chi connectivity index (χ2n) is 36.4. The third kappa shape index (κ3) is 48.1. The number of carboxylic acid groups (broad SMARTS) is 6. The molecule has 9 aromatic heterocycles. The molecular formula is C109H151N23O14. The van der Waals surface area contributed by atoms with Crippen molar-refractivity contribution in [3.05, 3.63) is 281 Å². The van der Waals surface area contributed by atoms with Gasteiger partial charge in [0.2, 0.25) is 0 Å². The Hall–Kier alpha value is -13.4. The maximum Gasteiger partial charge on any atom is 0.354 e. The SMILES string of the molecule is CC(=NCCN=C(C)c1ccccn1)c1ccccn1.CC(C)(c1cccc(C(=O)O)n1)c1cccc(C(=O)O)n1.CC(C)N1CCN(Cc2ccccn2)CCN(C(C)C)CC1.CC(CC(=O)O)=Nc1ccccc1N=C(C)CC(=O)O.CN(C)CCN1CCN(C)CCN(C)CC1.NCCN1CCCCCNCC1.O=C(O)c1cccc(Cc2cccc(C(=O)O)n2)n1.OCc1cccc(-c2cccc(CO)n2)n1. The number of pyridine rings is 9. The van der Waals surface area contributed by atoms with Crippen molar-refractivity contribution in [2.75, 3.05) is 172 Å². The monoisotopic (exact) mass is 2010 g/mol. The van der Waals surface area contributed by atoms with Gasteiger partial charge in [-0.1, -0.05) is 73.2 Å². The number of aliphatic hydroxyl groups is 2. The van der Waals surface area contributed by atoms with Crippen LogP contribution >= 0.6 is 0 Å². The number of nitrogens with two attached hydrogens (primary N) is 1. The molecule has 37 nitrogen and oxygen atoms in total. The van der Waals surface area contributed by atoms with Crippen LogP contribution in [0.25, 0.3) is 11.4 Å². The molecule has 1 aromatic carbocycles. The van der Waals surface area contributed by atoms with Crippen molar-refractivity contribution in [2.24, 2.45) is 25.7 Å². The Morgan fingerprint density at radius 1 is 0.404 bits per heavy atom. The summed E-state index contributed by atoms with van der Waals surface area (Å²) < 4.78 is 0. The molecule has 0 spiro atoms. The zero-order chi connectivity index (χ0) is 107. The molecule has 0 amide bonds. The Balaban J connectivity index is 0.000000256. The number of aromatic nitrogens is 9. The van der Waals surface area contributed by atoms with Gasteiger partial charge in [-0.05, 0) is 245 Å². The lowest BCUT2D eigenvalue weighted by Gasteiger charge is -2.30. The van der Waals surface area contributed by atoms with E-state index in [1.54, 1.807) is 111 Å². The number of para-hydroxylation sites is 2. The van der Waals surface area contributed by atoms with Gasteiger partial charge in [-0.25, -0.2) is 49.1 Å². The summed E-state index contributed by atoms with van der Waals surface area (Å²) in [5.74, 6) is -6.33. The van der Waals surface area contributed by atoms with Crippen LogP contribution in [0.5, 0.6) is 0 Å². The van der Waals surface area contributed by atoms with Crippen molar-refractivity contribution < 1.29 is 69.6 Å². The minimum Gasteiger partial charge on any atom is -0.481 e. The fourth-order valence-electron chi connectivity index (χ4n) is 14.8. The molecule has 10 aromatic rings. The third-order valence-electron chi connectivity index (χ3n) is 23.4. The van der Waals surface area contributed by atoms with Crippen molar-refractivity contribution in [1.82, 2.24) is 89.4 Å². The van der Waals surface area contributed by atoms with Crippen molar-refractivity contribution >= 4 is 70.0 Å². The first-order valence-corrected chi connectivity index (χ1v) is 49.3. The number of aromatic carboxylic acids is 4. The van der Waals surface area contributed by atoms with E-state index in [-0.39, 0.29) is 55.3 Å². The Labute approximate surface area is 859 Å². The highest BCUT2D eigenvalue weighted by molar-refractivity contribution is 6.01. The molecular weight excluding hydrogens is 1860 g/mol. The summed E-state index contributed by atoms with van der Waals surface area (Å²) in [4.78, 5) is 140. The van der Waals surface area contributed by atoms with Crippen molar-refractivity contribution in [3.63, 3.8) is 0 Å². The molecule has 12 heterocycles. The lowest BCUT2D eigenvalue weighted by molar-refractivity contribution is -0.136. The van der Waals surface area contributed by atoms with Crippen LogP contribution in [0.15, 0.2) is 227 Å². The van der Waals surface area contributed by atoms with Crippen LogP contribution in [0.4, 0.5) is 11.4 Å². The maximum absolute atomic E-state index is 11.0. The van der Waals surface area contributed by atoms with Gasteiger partial charge in [0.15, 0.2) is 0 Å². The van der Waals surface area contributed by atoms with Gasteiger partial charge < -0.3 is 71.5 Å². The Bertz CT molecular complexity index is 5390. The van der Waals surface area contributed by atoms with Crippen LogP contribution in [0.1, 0.15) is 195 Å². The van der Waals surface area contributed by atoms with Gasteiger partial charge in [-0.2, -0.15) is 0 Å². The number of aliphatic carboxylic acids is 2. The molecule has 3 aliphatic rings. The van der Waals surface area contributed by atoms with Gasteiger partial charge in [-0.3, -0.25) is 64.1 Å². The van der Waals surface area contributed by atoms with Gasteiger partial charge in [0.05, 0.1) is 113 Å². The van der Waals surface area contributed by atoms with E-state index in [1.165, 1.54) is 121 Å². The summed E-state index contributed by atoms with van der Waals surface area (Å²) >= 11 is 0. The summed E-state index contributed by atoms with van der Waals surface area (Å²) in [5.41, 5.74) is 16.1. The Morgan fingerprint density at radius 3 is 1.18 bits per heavy atom. The maximum atomic E-state index is 11.0. The molecule has 0 bridgehead atoms. The summed E-state index contributed by atoms with van der Waals surface area (Å²) in [6, 6.07) is 55.5. The molecule has 13 rings (SSSR count). The zero-order valence-electron chi connectivity index (χ0n) is 87.2. The van der Waals surface area contributed by atoms with E-state index >= 15 is 0 Å². The fourth-order valence-corrected chi connectivity index (χ4v) is 14.8. The zero-order valence-corrected chi connectivity index (χ0v) is 87.2. The van der Waals surface area contributed by atoms with Gasteiger partial charge in [0, 0.05) is 190 Å². The quantitative estimate of drug-likeness (QED) is 0.0142. The molecule has 0 aliphatic carbocycles. The van der Waals surface area contributed by atoms with E-state index in [4.69, 9.17) is 46.6 Å². The van der Waals surface area contributed by atoms with Crippen LogP contribution in [-0.2, 0) is 41.2 Å². The molecule has 0 unspecified atom stereocenters. The lowest BCUT2D eigenvalue weighted by Crippen LogP contribution is -2.41. The highest BCUT2D eigenvalue weighted by atomic mass is 16.4. The predicted molar refractivity (Wildman–Crippen MR) is 573 cm³/mol. The van der Waals surface area contributed by atoms with Gasteiger partial charge >= 0.3 is 35.8 Å². The highest BCUT2D eigenvalue weighted by Gasteiger charge is 2.29. The van der Waals surface area contributed by atoms with Crippen molar-refractivity contribution in [1.29, 1.82) is 0 Å². The van der Waals surface area contributed by atoms with Crippen LogP contribution in [0.3, 0.4) is 0 Å². The smallest absolute Gasteiger partial charge is 0.354 e. The lowest BCUT2D eigenvalue weighted by atomic mass is 9.84. The molecule has 0 saturated carbocycles. The van der Waals surface area contributed by atoms with Crippen LogP contribution in [-0.4, -0.2) is 368 Å². The first-order chi connectivity index (χ1) is 69.9. The molecule has 37 heteroatoms. The third-order valence-corrected chi connectivity index (χ3v) is 23.4. The normalized spacial score (nSPS) is 14.9. The number of carboxylic acids is 6. The number of likely N-dealkylation sites (N-methyl/N-ethyl adjacent to an activating group) is 3. The molecule has 3 fully saturated rings. The number of aliphatic hydroxyl groups excluding tert-OH is 2. The van der Waals surface area contributed by atoms with Gasteiger partial charge in [-0.15, -0.1) is 0 Å². The van der Waals surface area contributed by atoms with Crippen LogP contribution < -0.4 is 11.1 Å². The Kier molecular flexibility index (Phi) is 55.9. The second kappa shape index (κ2) is 67.3. The number of nitrogens with zero attached hydrogens (tertiary/aromatic N) is 21. The molecule has 3 aliphatic heterocycles. The van der Waals surface area contributed by atoms with E-state index < -0.39 is 41.2 Å². The van der Waals surface area contributed by atoms with E-state index in [1.807, 2.05) is 101 Å².